The number of hydrogen-bond acceptors (Lipinski definition) is 2. The number of benzene rings is 2. The van der Waals surface area contributed by atoms with Gasteiger partial charge in [0.1, 0.15) is 18.8 Å². The van der Waals surface area contributed by atoms with Gasteiger partial charge in [-0.1, -0.05) is 36.4 Å². The Labute approximate surface area is 100 Å². The molecule has 1 heterocycles. The van der Waals surface area contributed by atoms with Gasteiger partial charge in [-0.2, -0.15) is 0 Å². The van der Waals surface area contributed by atoms with Crippen molar-refractivity contribution in [3.05, 3.63) is 42.5 Å². The molecular weight excluding hydrogens is 212 g/mol. The molecule has 2 N–H and O–H groups in total. The quantitative estimate of drug-likeness (QED) is 0.791. The standard InChI is InChI=1S/C14H14N2O/c1-2-6-12-11(4-1)5-3-7-13(12)17-10-14-15-8-9-16-14/h1-7H,8-10H2,(H,15,16)/p+1. The maximum Gasteiger partial charge on any atom is 0.281 e. The van der Waals surface area contributed by atoms with Gasteiger partial charge in [-0.15, -0.1) is 0 Å². The average Bonchev–Trinajstić information content (AvgIpc) is 2.89. The lowest BCUT2D eigenvalue weighted by atomic mass is 10.1. The number of ether oxygens (including phenoxy) is 1. The number of hydrogen-bond donors (Lipinski definition) is 2. The van der Waals surface area contributed by atoms with Crippen molar-refractivity contribution >= 4 is 16.6 Å². The van der Waals surface area contributed by atoms with Crippen LogP contribution in [0.25, 0.3) is 10.8 Å². The van der Waals surface area contributed by atoms with Gasteiger partial charge in [0, 0.05) is 5.39 Å². The van der Waals surface area contributed by atoms with E-state index in [2.05, 4.69) is 28.5 Å². The first kappa shape index (κ1) is 10.1. The Morgan fingerprint density at radius 2 is 2.00 bits per heavy atom. The van der Waals surface area contributed by atoms with Crippen molar-refractivity contribution in [1.29, 1.82) is 0 Å². The Balaban J connectivity index is 1.84. The monoisotopic (exact) mass is 227 g/mol. The van der Waals surface area contributed by atoms with Crippen molar-refractivity contribution in [2.75, 3.05) is 19.7 Å². The summed E-state index contributed by atoms with van der Waals surface area (Å²) in [6.45, 7) is 2.54. The van der Waals surface area contributed by atoms with Crippen molar-refractivity contribution in [3.8, 4) is 5.75 Å². The van der Waals surface area contributed by atoms with Gasteiger partial charge in [0.25, 0.3) is 5.84 Å². The van der Waals surface area contributed by atoms with Gasteiger partial charge >= 0.3 is 0 Å². The van der Waals surface area contributed by atoms with E-state index in [1.165, 1.54) is 5.39 Å². The van der Waals surface area contributed by atoms with E-state index in [0.29, 0.717) is 6.61 Å². The van der Waals surface area contributed by atoms with Gasteiger partial charge in [0.2, 0.25) is 0 Å². The van der Waals surface area contributed by atoms with E-state index in [4.69, 9.17) is 4.74 Å². The van der Waals surface area contributed by atoms with Crippen LogP contribution in [0.5, 0.6) is 5.75 Å². The fraction of sp³-hybridized carbons (Fsp3) is 0.214. The number of rotatable bonds is 3. The molecule has 3 rings (SSSR count). The van der Waals surface area contributed by atoms with Crippen LogP contribution >= 0.6 is 0 Å². The van der Waals surface area contributed by atoms with Gasteiger partial charge in [0.15, 0.2) is 6.61 Å². The van der Waals surface area contributed by atoms with E-state index < -0.39 is 0 Å². The van der Waals surface area contributed by atoms with Crippen LogP contribution in [-0.4, -0.2) is 25.5 Å². The minimum absolute atomic E-state index is 0.577. The van der Waals surface area contributed by atoms with Crippen LogP contribution in [0.1, 0.15) is 0 Å². The van der Waals surface area contributed by atoms with Crippen molar-refractivity contribution in [2.45, 2.75) is 0 Å². The zero-order valence-electron chi connectivity index (χ0n) is 9.57. The summed E-state index contributed by atoms with van der Waals surface area (Å²) >= 11 is 0. The molecule has 0 radical (unpaired) electrons. The molecule has 0 atom stereocenters. The molecule has 1 aliphatic rings. The molecule has 0 amide bonds. The molecule has 0 saturated carbocycles. The zero-order valence-corrected chi connectivity index (χ0v) is 9.57. The number of fused-ring (bicyclic) bond motifs is 1. The molecule has 0 aliphatic carbocycles. The summed E-state index contributed by atoms with van der Waals surface area (Å²) in [4.78, 5) is 3.26. The minimum atomic E-state index is 0.577. The molecule has 1 aliphatic heterocycles. The second kappa shape index (κ2) is 4.45. The van der Waals surface area contributed by atoms with E-state index in [1.54, 1.807) is 0 Å². The van der Waals surface area contributed by atoms with Crippen LogP contribution in [0.15, 0.2) is 42.5 Å². The molecule has 0 unspecified atom stereocenters. The van der Waals surface area contributed by atoms with Gasteiger partial charge in [-0.3, -0.25) is 10.3 Å². The van der Waals surface area contributed by atoms with Crippen molar-refractivity contribution in [1.82, 2.24) is 5.32 Å². The molecule has 17 heavy (non-hydrogen) atoms. The molecule has 2 aromatic carbocycles. The predicted octanol–water partition coefficient (Wildman–Crippen LogP) is 0.301. The summed E-state index contributed by atoms with van der Waals surface area (Å²) in [7, 11) is 0. The molecule has 2 aromatic rings. The molecule has 0 fully saturated rings. The van der Waals surface area contributed by atoms with E-state index in [1.807, 2.05) is 24.3 Å². The highest BCUT2D eigenvalue weighted by Gasteiger charge is 2.13. The third-order valence-corrected chi connectivity index (χ3v) is 2.92. The van der Waals surface area contributed by atoms with Crippen molar-refractivity contribution in [3.63, 3.8) is 0 Å². The van der Waals surface area contributed by atoms with E-state index in [-0.39, 0.29) is 0 Å². The summed E-state index contributed by atoms with van der Waals surface area (Å²) in [6, 6.07) is 14.4. The molecular formula is C14H15N2O+. The summed E-state index contributed by atoms with van der Waals surface area (Å²) in [6.07, 6.45) is 0. The van der Waals surface area contributed by atoms with Crippen LogP contribution in [0.3, 0.4) is 0 Å². The molecule has 0 aromatic heterocycles. The summed E-state index contributed by atoms with van der Waals surface area (Å²) < 4.78 is 5.84. The third-order valence-electron chi connectivity index (χ3n) is 2.92. The SMILES string of the molecule is c1ccc2c(OCC3=[NH+]CCN3)cccc2c1. The summed E-state index contributed by atoms with van der Waals surface area (Å²) in [5.41, 5.74) is 0. The van der Waals surface area contributed by atoms with Gasteiger partial charge in [-0.25, -0.2) is 0 Å². The smallest absolute Gasteiger partial charge is 0.281 e. The van der Waals surface area contributed by atoms with Crippen LogP contribution in [0.4, 0.5) is 0 Å². The fourth-order valence-corrected chi connectivity index (χ4v) is 2.06. The second-order valence-corrected chi connectivity index (χ2v) is 4.10. The van der Waals surface area contributed by atoms with Crippen LogP contribution in [0, 0.1) is 0 Å². The maximum atomic E-state index is 5.84. The first-order valence-corrected chi connectivity index (χ1v) is 5.87. The Hall–Kier alpha value is -2.03. The second-order valence-electron chi connectivity index (χ2n) is 4.10. The van der Waals surface area contributed by atoms with E-state index in [9.17, 15) is 0 Å². The van der Waals surface area contributed by atoms with E-state index >= 15 is 0 Å². The van der Waals surface area contributed by atoms with E-state index in [0.717, 1.165) is 30.1 Å². The number of amidine groups is 1. The van der Waals surface area contributed by atoms with Gasteiger partial charge in [0.05, 0.1) is 0 Å². The first-order chi connectivity index (χ1) is 8.43. The van der Waals surface area contributed by atoms with Crippen LogP contribution in [0.2, 0.25) is 0 Å². The van der Waals surface area contributed by atoms with Crippen molar-refractivity contribution in [2.24, 2.45) is 0 Å². The lowest BCUT2D eigenvalue weighted by Crippen LogP contribution is -2.71. The Kier molecular flexibility index (Phi) is 2.66. The maximum absolute atomic E-state index is 5.84. The Bertz CT molecular complexity index is 558. The Morgan fingerprint density at radius 1 is 1.12 bits per heavy atom. The molecule has 86 valence electrons. The fourth-order valence-electron chi connectivity index (χ4n) is 2.06. The Morgan fingerprint density at radius 3 is 2.88 bits per heavy atom. The average molecular weight is 227 g/mol. The highest BCUT2D eigenvalue weighted by molar-refractivity contribution is 5.88. The van der Waals surface area contributed by atoms with Gasteiger partial charge in [-0.05, 0) is 11.5 Å². The van der Waals surface area contributed by atoms with Crippen LogP contribution in [-0.2, 0) is 0 Å². The minimum Gasteiger partial charge on any atom is -0.480 e. The molecule has 0 bridgehead atoms. The lowest BCUT2D eigenvalue weighted by molar-refractivity contribution is -0.446. The highest BCUT2D eigenvalue weighted by Crippen LogP contribution is 2.24. The predicted molar refractivity (Wildman–Crippen MR) is 68.3 cm³/mol. The zero-order chi connectivity index (χ0) is 11.5. The number of nitrogens with one attached hydrogen (secondary N) is 2. The molecule has 0 spiro atoms. The first-order valence-electron chi connectivity index (χ1n) is 5.87. The summed E-state index contributed by atoms with van der Waals surface area (Å²) in [5, 5.41) is 5.63. The summed E-state index contributed by atoms with van der Waals surface area (Å²) in [5.74, 6) is 2.00. The van der Waals surface area contributed by atoms with Crippen LogP contribution < -0.4 is 15.0 Å². The largest absolute Gasteiger partial charge is 0.480 e. The van der Waals surface area contributed by atoms with Gasteiger partial charge < -0.3 is 4.74 Å². The highest BCUT2D eigenvalue weighted by atomic mass is 16.5. The molecule has 3 heteroatoms. The molecule has 0 saturated heterocycles. The third kappa shape index (κ3) is 2.09. The van der Waals surface area contributed by atoms with Crippen molar-refractivity contribution < 1.29 is 9.73 Å². The molecule has 3 nitrogen and oxygen atoms in total. The topological polar surface area (TPSA) is 35.2 Å². The normalized spacial score (nSPS) is 14.5. The lowest BCUT2D eigenvalue weighted by Gasteiger charge is -2.07.